The van der Waals surface area contributed by atoms with E-state index in [1.807, 2.05) is 38.1 Å². The van der Waals surface area contributed by atoms with E-state index in [-0.39, 0.29) is 18.3 Å². The number of fused-ring (bicyclic) bond motifs is 1. The smallest absolute Gasteiger partial charge is 0.326 e. The van der Waals surface area contributed by atoms with Crippen LogP contribution in [0.1, 0.15) is 46.6 Å². The molecular weight excluding hydrogens is 450 g/mol. The molecule has 4 atom stereocenters. The number of nitrogens with one attached hydrogen (secondary N) is 4. The number of aromatic amines is 1. The average Bonchev–Trinajstić information content (AvgIpc) is 3.18. The summed E-state index contributed by atoms with van der Waals surface area (Å²) >= 11 is 0. The van der Waals surface area contributed by atoms with Gasteiger partial charge in [0.05, 0.1) is 6.04 Å². The van der Waals surface area contributed by atoms with Crippen LogP contribution in [0.4, 0.5) is 0 Å². The molecule has 7 N–H and O–H groups in total. The molecule has 2 rings (SSSR count). The summed E-state index contributed by atoms with van der Waals surface area (Å²) in [5.41, 5.74) is 7.32. The lowest BCUT2D eigenvalue weighted by Crippen LogP contribution is -2.58. The van der Waals surface area contributed by atoms with Gasteiger partial charge in [0.1, 0.15) is 18.1 Å². The number of aromatic nitrogens is 1. The van der Waals surface area contributed by atoms with Crippen molar-refractivity contribution >= 4 is 34.6 Å². The predicted molar refractivity (Wildman–Crippen MR) is 133 cm³/mol. The Morgan fingerprint density at radius 1 is 0.914 bits per heavy atom. The third-order valence-corrected chi connectivity index (χ3v) is 5.72. The van der Waals surface area contributed by atoms with E-state index in [2.05, 4.69) is 20.9 Å². The summed E-state index contributed by atoms with van der Waals surface area (Å²) in [5.74, 6) is -3.07. The summed E-state index contributed by atoms with van der Waals surface area (Å²) in [4.78, 5) is 53.4. The number of hydrogen-bond donors (Lipinski definition) is 6. The minimum Gasteiger partial charge on any atom is -0.480 e. The number of carbonyl (C=O) groups is 4. The topological polar surface area (TPSA) is 166 Å². The highest BCUT2D eigenvalue weighted by Gasteiger charge is 2.31. The van der Waals surface area contributed by atoms with Crippen molar-refractivity contribution in [2.45, 2.75) is 71.6 Å². The molecule has 0 aliphatic heterocycles. The number of H-pyrrole nitrogens is 1. The van der Waals surface area contributed by atoms with E-state index in [1.165, 1.54) is 6.92 Å². The number of rotatable bonds is 12. The van der Waals surface area contributed by atoms with Gasteiger partial charge in [0.2, 0.25) is 17.7 Å². The van der Waals surface area contributed by atoms with Crippen LogP contribution in [0.25, 0.3) is 10.9 Å². The maximum atomic E-state index is 13.2. The summed E-state index contributed by atoms with van der Waals surface area (Å²) in [5, 5.41) is 18.4. The van der Waals surface area contributed by atoms with E-state index < -0.39 is 47.9 Å². The van der Waals surface area contributed by atoms with Crippen LogP contribution in [0.3, 0.4) is 0 Å². The molecule has 10 heteroatoms. The largest absolute Gasteiger partial charge is 0.480 e. The van der Waals surface area contributed by atoms with Crippen molar-refractivity contribution in [1.29, 1.82) is 0 Å². The van der Waals surface area contributed by atoms with Crippen LogP contribution in [0.2, 0.25) is 0 Å². The number of carboxylic acids is 1. The Morgan fingerprint density at radius 2 is 1.51 bits per heavy atom. The second kappa shape index (κ2) is 12.3. The monoisotopic (exact) mass is 487 g/mol. The molecule has 0 fully saturated rings. The molecule has 35 heavy (non-hydrogen) atoms. The minimum absolute atomic E-state index is 0.0809. The molecule has 0 spiro atoms. The van der Waals surface area contributed by atoms with Crippen LogP contribution in [-0.2, 0) is 25.6 Å². The Morgan fingerprint density at radius 3 is 2.09 bits per heavy atom. The van der Waals surface area contributed by atoms with Crippen molar-refractivity contribution < 1.29 is 24.3 Å². The lowest BCUT2D eigenvalue weighted by Gasteiger charge is -2.26. The van der Waals surface area contributed by atoms with Gasteiger partial charge in [0, 0.05) is 23.5 Å². The second-order valence-corrected chi connectivity index (χ2v) is 9.67. The van der Waals surface area contributed by atoms with Gasteiger partial charge in [0.25, 0.3) is 0 Å². The Labute approximate surface area is 205 Å². The molecule has 0 bridgehead atoms. The van der Waals surface area contributed by atoms with Gasteiger partial charge in [0.15, 0.2) is 0 Å². The average molecular weight is 488 g/mol. The number of amides is 3. The summed E-state index contributed by atoms with van der Waals surface area (Å²) < 4.78 is 0. The molecule has 0 aliphatic carbocycles. The van der Waals surface area contributed by atoms with Crippen LogP contribution >= 0.6 is 0 Å². The number of carboxylic acid groups (broad SMARTS) is 1. The Kier molecular flexibility index (Phi) is 9.82. The molecule has 1 heterocycles. The molecule has 1 aromatic carbocycles. The summed E-state index contributed by atoms with van der Waals surface area (Å²) in [6.07, 6.45) is 2.23. The fraction of sp³-hybridized carbons (Fsp3) is 0.520. The predicted octanol–water partition coefficient (Wildman–Crippen LogP) is 1.30. The molecule has 1 aromatic heterocycles. The number of hydrogen-bond acceptors (Lipinski definition) is 5. The highest BCUT2D eigenvalue weighted by atomic mass is 16.4. The maximum Gasteiger partial charge on any atom is 0.326 e. The molecule has 0 radical (unpaired) electrons. The molecule has 10 nitrogen and oxygen atoms in total. The SMILES string of the molecule is CC(C)CC(NC(=O)C(C)N)C(=O)NC(Cc1c[nH]c2ccccc12)C(=O)NC(C(=O)O)C(C)C. The number of carbonyl (C=O) groups excluding carboxylic acids is 3. The van der Waals surface area contributed by atoms with Gasteiger partial charge in [-0.05, 0) is 36.8 Å². The third kappa shape index (κ3) is 7.81. The summed E-state index contributed by atoms with van der Waals surface area (Å²) in [7, 11) is 0. The van der Waals surface area contributed by atoms with Gasteiger partial charge in [-0.1, -0.05) is 45.9 Å². The number of aliphatic carboxylic acids is 1. The van der Waals surface area contributed by atoms with Gasteiger partial charge in [-0.15, -0.1) is 0 Å². The summed E-state index contributed by atoms with van der Waals surface area (Å²) in [6, 6.07) is 3.67. The van der Waals surface area contributed by atoms with Crippen LogP contribution in [0, 0.1) is 11.8 Å². The van der Waals surface area contributed by atoms with Gasteiger partial charge in [-0.25, -0.2) is 4.79 Å². The van der Waals surface area contributed by atoms with Crippen molar-refractivity contribution in [2.75, 3.05) is 0 Å². The first-order chi connectivity index (χ1) is 16.4. The molecule has 2 aromatic rings. The van der Waals surface area contributed by atoms with Crippen molar-refractivity contribution in [3.63, 3.8) is 0 Å². The zero-order chi connectivity index (χ0) is 26.3. The zero-order valence-electron chi connectivity index (χ0n) is 20.9. The normalized spacial score (nSPS) is 14.9. The first-order valence-corrected chi connectivity index (χ1v) is 11.8. The van der Waals surface area contributed by atoms with Crippen LogP contribution < -0.4 is 21.7 Å². The summed E-state index contributed by atoms with van der Waals surface area (Å²) in [6.45, 7) is 8.72. The molecule has 0 aliphatic rings. The van der Waals surface area contributed by atoms with Gasteiger partial charge in [-0.3, -0.25) is 14.4 Å². The van der Waals surface area contributed by atoms with E-state index in [0.29, 0.717) is 6.42 Å². The standard InChI is InChI=1S/C25H37N5O5/c1-13(2)10-19(28-22(31)15(5)26)23(32)29-20(24(33)30-21(14(3)4)25(34)35)11-16-12-27-18-9-7-6-8-17(16)18/h6-9,12-15,19-21,27H,10-11,26H2,1-5H3,(H,28,31)(H,29,32)(H,30,33)(H,34,35). The van der Waals surface area contributed by atoms with E-state index in [9.17, 15) is 24.3 Å². The van der Waals surface area contributed by atoms with E-state index >= 15 is 0 Å². The minimum atomic E-state index is -1.16. The highest BCUT2D eigenvalue weighted by Crippen LogP contribution is 2.19. The van der Waals surface area contributed by atoms with Crippen molar-refractivity contribution in [3.05, 3.63) is 36.0 Å². The Balaban J connectivity index is 2.33. The molecule has 4 unspecified atom stereocenters. The molecule has 0 saturated carbocycles. The lowest BCUT2D eigenvalue weighted by molar-refractivity contribution is -0.143. The molecule has 3 amide bonds. The van der Waals surface area contributed by atoms with Crippen LogP contribution in [-0.4, -0.2) is 57.9 Å². The van der Waals surface area contributed by atoms with Crippen molar-refractivity contribution in [1.82, 2.24) is 20.9 Å². The van der Waals surface area contributed by atoms with Gasteiger partial charge in [-0.2, -0.15) is 0 Å². The van der Waals surface area contributed by atoms with Crippen LogP contribution in [0.5, 0.6) is 0 Å². The third-order valence-electron chi connectivity index (χ3n) is 5.72. The van der Waals surface area contributed by atoms with Gasteiger partial charge >= 0.3 is 5.97 Å². The quantitative estimate of drug-likeness (QED) is 0.264. The number of benzene rings is 1. The Bertz CT molecular complexity index is 1050. The van der Waals surface area contributed by atoms with E-state index in [1.54, 1.807) is 20.0 Å². The van der Waals surface area contributed by atoms with Gasteiger partial charge < -0.3 is 31.8 Å². The maximum absolute atomic E-state index is 13.2. The highest BCUT2D eigenvalue weighted by molar-refractivity contribution is 5.94. The van der Waals surface area contributed by atoms with Crippen molar-refractivity contribution in [2.24, 2.45) is 17.6 Å². The Hall–Kier alpha value is -3.40. The van der Waals surface area contributed by atoms with E-state index in [0.717, 1.165) is 16.5 Å². The molecule has 192 valence electrons. The van der Waals surface area contributed by atoms with Crippen molar-refractivity contribution in [3.8, 4) is 0 Å². The first kappa shape index (κ1) is 27.8. The molecule has 0 saturated heterocycles. The fourth-order valence-electron chi connectivity index (χ4n) is 3.78. The van der Waals surface area contributed by atoms with E-state index in [4.69, 9.17) is 5.73 Å². The lowest BCUT2D eigenvalue weighted by atomic mass is 9.99. The first-order valence-electron chi connectivity index (χ1n) is 11.8. The zero-order valence-corrected chi connectivity index (χ0v) is 20.9. The second-order valence-electron chi connectivity index (χ2n) is 9.67. The fourth-order valence-corrected chi connectivity index (χ4v) is 3.78. The number of para-hydroxylation sites is 1. The number of nitrogens with two attached hydrogens (primary N) is 1. The van der Waals surface area contributed by atoms with Crippen LogP contribution in [0.15, 0.2) is 30.5 Å². The molecular formula is C25H37N5O5.